The fourth-order valence-electron chi connectivity index (χ4n) is 2.64. The molecule has 7 heteroatoms. The standard InChI is InChI=1S/C15H15N3O3S/c19-13-12(8-16-15-17(13)5-7-22-15)14(20)18(10-3-4-10)9-11-2-1-6-21-11/h1-2,6,8,10H,3-5,7,9H2. The summed E-state index contributed by atoms with van der Waals surface area (Å²) in [7, 11) is 0. The number of hydrogen-bond acceptors (Lipinski definition) is 5. The van der Waals surface area contributed by atoms with Crippen molar-refractivity contribution in [2.75, 3.05) is 5.75 Å². The molecule has 0 aromatic carbocycles. The quantitative estimate of drug-likeness (QED) is 0.804. The molecule has 0 N–H and O–H groups in total. The monoisotopic (exact) mass is 317 g/mol. The molecule has 22 heavy (non-hydrogen) atoms. The Balaban J connectivity index is 1.66. The molecule has 0 unspecified atom stereocenters. The predicted molar refractivity (Wildman–Crippen MR) is 80.8 cm³/mol. The first kappa shape index (κ1) is 13.6. The second kappa shape index (κ2) is 5.31. The Morgan fingerprint density at radius 1 is 1.50 bits per heavy atom. The number of nitrogens with zero attached hydrogens (tertiary/aromatic N) is 3. The Morgan fingerprint density at radius 2 is 2.36 bits per heavy atom. The van der Waals surface area contributed by atoms with E-state index in [0.717, 1.165) is 24.4 Å². The van der Waals surface area contributed by atoms with Crippen molar-refractivity contribution in [1.82, 2.24) is 14.5 Å². The van der Waals surface area contributed by atoms with E-state index in [4.69, 9.17) is 4.42 Å². The zero-order valence-electron chi connectivity index (χ0n) is 11.9. The molecule has 0 atom stereocenters. The van der Waals surface area contributed by atoms with Gasteiger partial charge in [0, 0.05) is 24.5 Å². The van der Waals surface area contributed by atoms with Crippen LogP contribution in [-0.4, -0.2) is 32.2 Å². The van der Waals surface area contributed by atoms with Gasteiger partial charge in [0.15, 0.2) is 5.16 Å². The zero-order valence-corrected chi connectivity index (χ0v) is 12.7. The maximum atomic E-state index is 12.8. The Labute approximate surface area is 131 Å². The first-order chi connectivity index (χ1) is 10.7. The molecular formula is C15H15N3O3S. The third-order valence-corrected chi connectivity index (χ3v) is 4.91. The van der Waals surface area contributed by atoms with Crippen LogP contribution in [-0.2, 0) is 13.1 Å². The lowest BCUT2D eigenvalue weighted by Crippen LogP contribution is -2.38. The van der Waals surface area contributed by atoms with Crippen LogP contribution in [0.15, 0.2) is 39.0 Å². The summed E-state index contributed by atoms with van der Waals surface area (Å²) < 4.78 is 6.93. The summed E-state index contributed by atoms with van der Waals surface area (Å²) in [6.45, 7) is 1.01. The van der Waals surface area contributed by atoms with Crippen LogP contribution in [0.4, 0.5) is 0 Å². The van der Waals surface area contributed by atoms with Gasteiger partial charge < -0.3 is 9.32 Å². The van der Waals surface area contributed by atoms with Crippen LogP contribution >= 0.6 is 11.8 Å². The van der Waals surface area contributed by atoms with Crippen molar-refractivity contribution in [1.29, 1.82) is 0 Å². The largest absolute Gasteiger partial charge is 0.467 e. The molecule has 0 saturated heterocycles. The topological polar surface area (TPSA) is 68.3 Å². The van der Waals surface area contributed by atoms with Crippen LogP contribution in [0.1, 0.15) is 29.0 Å². The summed E-state index contributed by atoms with van der Waals surface area (Å²) in [6.07, 6.45) is 4.96. The molecule has 1 fully saturated rings. The van der Waals surface area contributed by atoms with E-state index in [1.54, 1.807) is 33.6 Å². The van der Waals surface area contributed by atoms with Crippen LogP contribution in [0.2, 0.25) is 0 Å². The minimum Gasteiger partial charge on any atom is -0.467 e. The number of thioether (sulfide) groups is 1. The molecule has 1 saturated carbocycles. The highest BCUT2D eigenvalue weighted by Gasteiger charge is 2.35. The maximum absolute atomic E-state index is 12.8. The van der Waals surface area contributed by atoms with E-state index < -0.39 is 0 Å². The van der Waals surface area contributed by atoms with Crippen LogP contribution in [0.3, 0.4) is 0 Å². The van der Waals surface area contributed by atoms with E-state index in [2.05, 4.69) is 4.98 Å². The average molecular weight is 317 g/mol. The van der Waals surface area contributed by atoms with Crippen molar-refractivity contribution >= 4 is 17.7 Å². The van der Waals surface area contributed by atoms with Crippen molar-refractivity contribution in [2.45, 2.75) is 37.1 Å². The van der Waals surface area contributed by atoms with E-state index in [-0.39, 0.29) is 23.1 Å². The number of carbonyl (C=O) groups excluding carboxylic acids is 1. The molecule has 0 radical (unpaired) electrons. The fraction of sp³-hybridized carbons (Fsp3) is 0.400. The molecule has 0 bridgehead atoms. The summed E-state index contributed by atoms with van der Waals surface area (Å²) in [4.78, 5) is 31.3. The van der Waals surface area contributed by atoms with E-state index in [9.17, 15) is 9.59 Å². The first-order valence-electron chi connectivity index (χ1n) is 7.30. The minimum atomic E-state index is -0.247. The van der Waals surface area contributed by atoms with E-state index in [1.807, 2.05) is 6.07 Å². The summed E-state index contributed by atoms with van der Waals surface area (Å²) in [5, 5.41) is 0.700. The molecule has 6 nitrogen and oxygen atoms in total. The number of hydrogen-bond donors (Lipinski definition) is 0. The summed E-state index contributed by atoms with van der Waals surface area (Å²) in [5.41, 5.74) is -0.0743. The Bertz CT molecular complexity index is 765. The highest BCUT2D eigenvalue weighted by Crippen LogP contribution is 2.30. The molecule has 2 aromatic heterocycles. The van der Waals surface area contributed by atoms with Crippen molar-refractivity contribution in [3.8, 4) is 0 Å². The lowest BCUT2D eigenvalue weighted by Gasteiger charge is -2.21. The summed E-state index contributed by atoms with van der Waals surface area (Å²) in [5.74, 6) is 1.31. The van der Waals surface area contributed by atoms with Crippen molar-refractivity contribution in [2.24, 2.45) is 0 Å². The minimum absolute atomic E-state index is 0.157. The number of aromatic nitrogens is 2. The van der Waals surface area contributed by atoms with E-state index in [1.165, 1.54) is 6.20 Å². The first-order valence-corrected chi connectivity index (χ1v) is 8.28. The molecule has 114 valence electrons. The number of rotatable bonds is 4. The third kappa shape index (κ3) is 2.35. The predicted octanol–water partition coefficient (Wildman–Crippen LogP) is 1.75. The number of carbonyl (C=O) groups is 1. The lowest BCUT2D eigenvalue weighted by molar-refractivity contribution is 0.0714. The Morgan fingerprint density at radius 3 is 3.09 bits per heavy atom. The van der Waals surface area contributed by atoms with Gasteiger partial charge in [0.2, 0.25) is 0 Å². The average Bonchev–Trinajstić information content (AvgIpc) is 3.02. The van der Waals surface area contributed by atoms with Crippen molar-refractivity contribution in [3.63, 3.8) is 0 Å². The van der Waals surface area contributed by atoms with Gasteiger partial charge in [0.1, 0.15) is 11.3 Å². The molecule has 2 aromatic rings. The van der Waals surface area contributed by atoms with Gasteiger partial charge in [-0.25, -0.2) is 4.98 Å². The van der Waals surface area contributed by atoms with E-state index >= 15 is 0 Å². The molecule has 1 amide bonds. The highest BCUT2D eigenvalue weighted by molar-refractivity contribution is 7.99. The molecule has 3 heterocycles. The van der Waals surface area contributed by atoms with Gasteiger partial charge in [-0.1, -0.05) is 11.8 Å². The highest BCUT2D eigenvalue weighted by atomic mass is 32.2. The molecule has 1 aliphatic carbocycles. The molecule has 1 aliphatic heterocycles. The lowest BCUT2D eigenvalue weighted by atomic mass is 10.2. The summed E-state index contributed by atoms with van der Waals surface area (Å²) in [6, 6.07) is 3.84. The smallest absolute Gasteiger partial charge is 0.267 e. The third-order valence-electron chi connectivity index (χ3n) is 3.94. The van der Waals surface area contributed by atoms with Gasteiger partial charge >= 0.3 is 0 Å². The second-order valence-corrected chi connectivity index (χ2v) is 6.57. The Kier molecular flexibility index (Phi) is 3.29. The number of fused-ring (bicyclic) bond motifs is 1. The zero-order chi connectivity index (χ0) is 15.1. The van der Waals surface area contributed by atoms with Gasteiger partial charge in [-0.15, -0.1) is 0 Å². The Hall–Kier alpha value is -2.02. The SMILES string of the molecule is O=C(c1cnc2n(c1=O)CCS2)N(Cc1ccco1)C1CC1. The summed E-state index contributed by atoms with van der Waals surface area (Å²) >= 11 is 1.55. The van der Waals surface area contributed by atoms with Gasteiger partial charge in [-0.05, 0) is 25.0 Å². The van der Waals surface area contributed by atoms with Gasteiger partial charge in [-0.2, -0.15) is 0 Å². The second-order valence-electron chi connectivity index (χ2n) is 5.50. The number of furan rings is 1. The molecule has 0 spiro atoms. The van der Waals surface area contributed by atoms with Crippen LogP contribution in [0, 0.1) is 0 Å². The van der Waals surface area contributed by atoms with Crippen molar-refractivity contribution in [3.05, 3.63) is 46.3 Å². The van der Waals surface area contributed by atoms with Crippen LogP contribution in [0.5, 0.6) is 0 Å². The van der Waals surface area contributed by atoms with E-state index in [0.29, 0.717) is 18.2 Å². The van der Waals surface area contributed by atoms with Crippen LogP contribution < -0.4 is 5.56 Å². The molecular weight excluding hydrogens is 302 g/mol. The van der Waals surface area contributed by atoms with Gasteiger partial charge in [0.25, 0.3) is 11.5 Å². The maximum Gasteiger partial charge on any atom is 0.267 e. The molecule has 4 rings (SSSR count). The number of amides is 1. The fourth-order valence-corrected chi connectivity index (χ4v) is 3.56. The van der Waals surface area contributed by atoms with Gasteiger partial charge in [-0.3, -0.25) is 14.2 Å². The normalized spacial score (nSPS) is 16.5. The van der Waals surface area contributed by atoms with Crippen LogP contribution in [0.25, 0.3) is 0 Å². The van der Waals surface area contributed by atoms with Gasteiger partial charge in [0.05, 0.1) is 12.8 Å². The van der Waals surface area contributed by atoms with Crippen molar-refractivity contribution < 1.29 is 9.21 Å². The molecule has 2 aliphatic rings.